The zero-order valence-corrected chi connectivity index (χ0v) is 15.7. The number of aromatic nitrogens is 1. The van der Waals surface area contributed by atoms with E-state index in [-0.39, 0.29) is 17.0 Å². The first-order valence-corrected chi connectivity index (χ1v) is 8.50. The molecule has 1 unspecified atom stereocenters. The SMILES string of the molecule is Cc1[nH]c(CC(O)(CC(C)(C)c2cc(F)ccc2O)C(F)(F)F)cc1N=CN. The Kier molecular flexibility index (Phi) is 5.79. The van der Waals surface area contributed by atoms with Crippen LogP contribution in [0, 0.1) is 12.7 Å². The lowest BCUT2D eigenvalue weighted by Gasteiger charge is -2.38. The number of nitrogens with one attached hydrogen (secondary N) is 1. The summed E-state index contributed by atoms with van der Waals surface area (Å²) in [6, 6.07) is 4.43. The highest BCUT2D eigenvalue weighted by molar-refractivity contribution is 5.60. The van der Waals surface area contributed by atoms with Crippen LogP contribution in [0.15, 0.2) is 29.3 Å². The molecule has 0 aliphatic heterocycles. The topological polar surface area (TPSA) is 94.6 Å². The van der Waals surface area contributed by atoms with E-state index in [9.17, 15) is 27.8 Å². The van der Waals surface area contributed by atoms with Gasteiger partial charge in [-0.1, -0.05) is 13.8 Å². The van der Waals surface area contributed by atoms with Crippen molar-refractivity contribution < 1.29 is 27.8 Å². The second-order valence-corrected chi connectivity index (χ2v) is 7.51. The normalized spacial score (nSPS) is 15.1. The van der Waals surface area contributed by atoms with Gasteiger partial charge in [0.15, 0.2) is 5.60 Å². The molecule has 2 aromatic rings. The van der Waals surface area contributed by atoms with Gasteiger partial charge in [-0.3, -0.25) is 0 Å². The van der Waals surface area contributed by atoms with E-state index < -0.39 is 35.9 Å². The molecule has 0 saturated heterocycles. The number of aliphatic hydroxyl groups is 1. The second kappa shape index (κ2) is 7.46. The first kappa shape index (κ1) is 21.7. The molecule has 0 bridgehead atoms. The Morgan fingerprint density at radius 1 is 1.21 bits per heavy atom. The lowest BCUT2D eigenvalue weighted by Crippen LogP contribution is -2.50. The number of aryl methyl sites for hydroxylation is 1. The molecular formula is C19H23F4N3O2. The average molecular weight is 401 g/mol. The fourth-order valence-electron chi connectivity index (χ4n) is 3.38. The van der Waals surface area contributed by atoms with Crippen molar-refractivity contribution in [3.63, 3.8) is 0 Å². The molecule has 1 heterocycles. The van der Waals surface area contributed by atoms with Crippen LogP contribution < -0.4 is 5.73 Å². The number of halogens is 4. The number of hydrogen-bond acceptors (Lipinski definition) is 3. The van der Waals surface area contributed by atoms with Crippen molar-refractivity contribution in [2.45, 2.75) is 50.8 Å². The molecule has 1 aromatic heterocycles. The number of nitrogens with zero attached hydrogens (tertiary/aromatic N) is 1. The summed E-state index contributed by atoms with van der Waals surface area (Å²) in [6.45, 7) is 4.43. The quantitative estimate of drug-likeness (QED) is 0.335. The number of benzene rings is 1. The number of phenols is 1. The van der Waals surface area contributed by atoms with Gasteiger partial charge >= 0.3 is 6.18 Å². The van der Waals surface area contributed by atoms with Gasteiger partial charge in [-0.25, -0.2) is 9.38 Å². The molecule has 0 spiro atoms. The Hall–Kier alpha value is -2.55. The highest BCUT2D eigenvalue weighted by Crippen LogP contribution is 2.45. The molecule has 154 valence electrons. The van der Waals surface area contributed by atoms with Crippen molar-refractivity contribution in [3.05, 3.63) is 47.0 Å². The van der Waals surface area contributed by atoms with Gasteiger partial charge in [-0.15, -0.1) is 0 Å². The summed E-state index contributed by atoms with van der Waals surface area (Å²) in [7, 11) is 0. The standard InChI is InChI=1S/C19H23F4N3O2/c1-11-15(25-10-24)7-13(26-11)8-18(28,19(21,22)23)9-17(2,3)14-6-12(20)4-5-16(14)27/h4-7,10,26-28H,8-9H2,1-3H3,(H2,24,25). The number of aliphatic imine (C=N–C) groups is 1. The number of phenolic OH excluding ortho intramolecular Hbond substituents is 1. The summed E-state index contributed by atoms with van der Waals surface area (Å²) in [5, 5.41) is 20.6. The van der Waals surface area contributed by atoms with Gasteiger partial charge < -0.3 is 20.9 Å². The van der Waals surface area contributed by atoms with Crippen LogP contribution in [-0.2, 0) is 11.8 Å². The van der Waals surface area contributed by atoms with Crippen molar-refractivity contribution in [1.29, 1.82) is 0 Å². The summed E-state index contributed by atoms with van der Waals surface area (Å²) < 4.78 is 55.1. The van der Waals surface area contributed by atoms with Crippen molar-refractivity contribution >= 4 is 12.0 Å². The summed E-state index contributed by atoms with van der Waals surface area (Å²) in [4.78, 5) is 6.61. The van der Waals surface area contributed by atoms with Crippen molar-refractivity contribution in [3.8, 4) is 5.75 Å². The zero-order chi connectivity index (χ0) is 21.3. The summed E-state index contributed by atoms with van der Waals surface area (Å²) in [5.74, 6) is -1.04. The first-order valence-electron chi connectivity index (χ1n) is 8.50. The Balaban J connectivity index is 2.42. The number of nitrogens with two attached hydrogens (primary N) is 1. The van der Waals surface area contributed by atoms with E-state index in [2.05, 4.69) is 9.98 Å². The average Bonchev–Trinajstić information content (AvgIpc) is 2.87. The van der Waals surface area contributed by atoms with Gasteiger partial charge in [0.25, 0.3) is 0 Å². The van der Waals surface area contributed by atoms with E-state index in [0.29, 0.717) is 11.4 Å². The van der Waals surface area contributed by atoms with E-state index in [1.54, 1.807) is 6.92 Å². The fourth-order valence-corrected chi connectivity index (χ4v) is 3.38. The maximum Gasteiger partial charge on any atom is 0.417 e. The Labute approximate surface area is 159 Å². The molecule has 0 radical (unpaired) electrons. The molecule has 0 fully saturated rings. The number of hydrogen-bond donors (Lipinski definition) is 4. The van der Waals surface area contributed by atoms with E-state index >= 15 is 0 Å². The van der Waals surface area contributed by atoms with Crippen LogP contribution in [0.3, 0.4) is 0 Å². The third-order valence-corrected chi connectivity index (χ3v) is 4.69. The van der Waals surface area contributed by atoms with E-state index in [1.165, 1.54) is 19.9 Å². The van der Waals surface area contributed by atoms with Crippen molar-refractivity contribution in [2.75, 3.05) is 0 Å². The number of H-pyrrole nitrogens is 1. The molecule has 2 rings (SSSR count). The molecule has 0 saturated carbocycles. The largest absolute Gasteiger partial charge is 0.508 e. The minimum absolute atomic E-state index is 0.0220. The van der Waals surface area contributed by atoms with Crippen molar-refractivity contribution in [2.24, 2.45) is 10.7 Å². The number of rotatable bonds is 6. The van der Waals surface area contributed by atoms with Crippen LogP contribution >= 0.6 is 0 Å². The Morgan fingerprint density at radius 2 is 1.86 bits per heavy atom. The Bertz CT molecular complexity index is 875. The molecule has 1 atom stereocenters. The molecule has 28 heavy (non-hydrogen) atoms. The molecule has 1 aromatic carbocycles. The lowest BCUT2D eigenvalue weighted by molar-refractivity contribution is -0.266. The fraction of sp³-hybridized carbons (Fsp3) is 0.421. The Morgan fingerprint density at radius 3 is 2.43 bits per heavy atom. The molecule has 0 aliphatic carbocycles. The minimum atomic E-state index is -4.97. The summed E-state index contributed by atoms with van der Waals surface area (Å²) in [5.41, 5.74) is 1.68. The monoisotopic (exact) mass is 401 g/mol. The third kappa shape index (κ3) is 4.46. The highest BCUT2D eigenvalue weighted by Gasteiger charge is 2.56. The van der Waals surface area contributed by atoms with Crippen LogP contribution in [0.2, 0.25) is 0 Å². The lowest BCUT2D eigenvalue weighted by atomic mass is 9.73. The van der Waals surface area contributed by atoms with Gasteiger partial charge in [0.05, 0.1) is 12.0 Å². The van der Waals surface area contributed by atoms with Crippen LogP contribution in [0.4, 0.5) is 23.2 Å². The van der Waals surface area contributed by atoms with Crippen LogP contribution in [0.5, 0.6) is 5.75 Å². The summed E-state index contributed by atoms with van der Waals surface area (Å²) >= 11 is 0. The molecule has 9 heteroatoms. The van der Waals surface area contributed by atoms with Crippen LogP contribution in [-0.4, -0.2) is 33.3 Å². The zero-order valence-electron chi connectivity index (χ0n) is 15.7. The third-order valence-electron chi connectivity index (χ3n) is 4.69. The highest BCUT2D eigenvalue weighted by atomic mass is 19.4. The molecule has 0 aliphatic rings. The number of aromatic hydroxyl groups is 1. The van der Waals surface area contributed by atoms with Crippen molar-refractivity contribution in [1.82, 2.24) is 4.98 Å². The number of aromatic amines is 1. The predicted octanol–water partition coefficient (Wildman–Crippen LogP) is 3.99. The minimum Gasteiger partial charge on any atom is -0.508 e. The van der Waals surface area contributed by atoms with Gasteiger partial charge in [-0.2, -0.15) is 13.2 Å². The maximum atomic E-state index is 13.8. The maximum absolute atomic E-state index is 13.8. The van der Waals surface area contributed by atoms with E-state index in [1.807, 2.05) is 0 Å². The van der Waals surface area contributed by atoms with E-state index in [0.717, 1.165) is 24.5 Å². The molecule has 0 amide bonds. The first-order chi connectivity index (χ1) is 12.8. The van der Waals surface area contributed by atoms with Crippen LogP contribution in [0.1, 0.15) is 37.2 Å². The molecular weight excluding hydrogens is 378 g/mol. The second-order valence-electron chi connectivity index (χ2n) is 7.51. The molecule has 5 N–H and O–H groups in total. The van der Waals surface area contributed by atoms with E-state index in [4.69, 9.17) is 5.73 Å². The smallest absolute Gasteiger partial charge is 0.417 e. The molecule has 5 nitrogen and oxygen atoms in total. The van der Waals surface area contributed by atoms with Crippen LogP contribution in [0.25, 0.3) is 0 Å². The predicted molar refractivity (Wildman–Crippen MR) is 98.3 cm³/mol. The van der Waals surface area contributed by atoms with Gasteiger partial charge in [0, 0.05) is 23.4 Å². The van der Waals surface area contributed by atoms with Gasteiger partial charge in [0.2, 0.25) is 0 Å². The summed E-state index contributed by atoms with van der Waals surface area (Å²) in [6.07, 6.45) is -5.51. The van der Waals surface area contributed by atoms with Gasteiger partial charge in [-0.05, 0) is 43.0 Å². The van der Waals surface area contributed by atoms with Gasteiger partial charge in [0.1, 0.15) is 11.6 Å². The number of alkyl halides is 3.